The molecule has 188 valence electrons. The maximum atomic E-state index is 15.6. The van der Waals surface area contributed by atoms with E-state index >= 15 is 4.39 Å². The number of aliphatic hydroxyl groups excluding tert-OH is 1. The fraction of sp³-hybridized carbons (Fsp3) is 0.519. The van der Waals surface area contributed by atoms with Crippen molar-refractivity contribution in [3.63, 3.8) is 0 Å². The molecule has 1 aliphatic rings. The third-order valence-corrected chi connectivity index (χ3v) is 7.64. The van der Waals surface area contributed by atoms with E-state index in [1.165, 1.54) is 6.20 Å². The van der Waals surface area contributed by atoms with Crippen molar-refractivity contribution < 1.29 is 14.2 Å². The van der Waals surface area contributed by atoms with Crippen molar-refractivity contribution in [2.45, 2.75) is 51.1 Å². The van der Waals surface area contributed by atoms with E-state index in [1.54, 1.807) is 25.6 Å². The number of unbranched alkanes of at least 4 members (excludes halogenated alkanes) is 1. The lowest BCUT2D eigenvalue weighted by molar-refractivity contribution is 0.0298. The average molecular weight is 501 g/mol. The summed E-state index contributed by atoms with van der Waals surface area (Å²) in [6.07, 6.45) is 11.3. The van der Waals surface area contributed by atoms with Crippen molar-refractivity contribution in [1.29, 1.82) is 0 Å². The second kappa shape index (κ2) is 12.1. The molecule has 1 saturated heterocycles. The number of hydrogen-bond donors (Lipinski definition) is 1. The zero-order valence-corrected chi connectivity index (χ0v) is 21.1. The first-order valence-electron chi connectivity index (χ1n) is 12.4. The summed E-state index contributed by atoms with van der Waals surface area (Å²) in [5, 5.41) is 11.2. The third kappa shape index (κ3) is 6.46. The smallest absolute Gasteiger partial charge is 0.127 e. The Morgan fingerprint density at radius 2 is 2.00 bits per heavy atom. The van der Waals surface area contributed by atoms with E-state index < -0.39 is 6.17 Å². The molecule has 35 heavy (non-hydrogen) atoms. The van der Waals surface area contributed by atoms with Crippen LogP contribution in [0.25, 0.3) is 10.9 Å². The topological polar surface area (TPSA) is 71.4 Å². The fourth-order valence-electron chi connectivity index (χ4n) is 5.03. The summed E-state index contributed by atoms with van der Waals surface area (Å²) in [6.45, 7) is 2.98. The molecule has 0 radical (unpaired) electrons. The highest BCUT2D eigenvalue weighted by Gasteiger charge is 2.35. The lowest BCUT2D eigenvalue weighted by Crippen LogP contribution is -2.42. The standard InChI is InChI=1S/C27H34ClFN4O2/c1-35-21-5-6-25-22(16-21)26(23(28)18-32-25)24(29)7-8-27(19-34)9-14-33(15-10-27)13-3-2-4-20-17-30-11-12-31-20/h5-6,11-12,16-18,24,34H,2-4,7-10,13-15,19H2,1H3/t24-/m1/s1. The molecule has 0 bridgehead atoms. The lowest BCUT2D eigenvalue weighted by Gasteiger charge is -2.41. The molecule has 0 amide bonds. The second-order valence-corrected chi connectivity index (χ2v) is 9.97. The molecule has 1 atom stereocenters. The van der Waals surface area contributed by atoms with Crippen LogP contribution in [-0.4, -0.2) is 58.3 Å². The SMILES string of the molecule is COc1ccc2ncc(Cl)c([C@H](F)CCC3(CO)CCN(CCCCc4cnccn4)CC3)c2c1. The van der Waals surface area contributed by atoms with Crippen LogP contribution >= 0.6 is 11.6 Å². The molecule has 1 N–H and O–H groups in total. The van der Waals surface area contributed by atoms with Gasteiger partial charge in [-0.25, -0.2) is 4.39 Å². The Morgan fingerprint density at radius 1 is 1.17 bits per heavy atom. The van der Waals surface area contributed by atoms with Crippen LogP contribution in [0.2, 0.25) is 5.02 Å². The van der Waals surface area contributed by atoms with Crippen molar-refractivity contribution >= 4 is 22.5 Å². The highest BCUT2D eigenvalue weighted by Crippen LogP contribution is 2.41. The Kier molecular flexibility index (Phi) is 8.87. The minimum absolute atomic E-state index is 0.0822. The van der Waals surface area contributed by atoms with E-state index in [4.69, 9.17) is 16.3 Å². The predicted octanol–water partition coefficient (Wildman–Crippen LogP) is 5.58. The molecule has 0 spiro atoms. The highest BCUT2D eigenvalue weighted by molar-refractivity contribution is 6.32. The molecule has 0 saturated carbocycles. The number of alkyl halides is 1. The van der Waals surface area contributed by atoms with Gasteiger partial charge in [0.15, 0.2) is 0 Å². The number of halogens is 2. The number of benzene rings is 1. The summed E-state index contributed by atoms with van der Waals surface area (Å²) in [7, 11) is 1.58. The van der Waals surface area contributed by atoms with Gasteiger partial charge in [0, 0.05) is 42.3 Å². The number of likely N-dealkylation sites (tertiary alicyclic amines) is 1. The van der Waals surface area contributed by atoms with Gasteiger partial charge < -0.3 is 14.7 Å². The monoisotopic (exact) mass is 500 g/mol. The maximum absolute atomic E-state index is 15.6. The number of methoxy groups -OCH3 is 1. The van der Waals surface area contributed by atoms with Gasteiger partial charge in [0.05, 0.1) is 23.3 Å². The lowest BCUT2D eigenvalue weighted by atomic mass is 9.74. The maximum Gasteiger partial charge on any atom is 0.127 e. The Morgan fingerprint density at radius 3 is 2.71 bits per heavy atom. The second-order valence-electron chi connectivity index (χ2n) is 9.56. The molecule has 1 aliphatic heterocycles. The number of hydrogen-bond acceptors (Lipinski definition) is 6. The van der Waals surface area contributed by atoms with Crippen LogP contribution in [0.1, 0.15) is 56.0 Å². The van der Waals surface area contributed by atoms with Gasteiger partial charge in [-0.05, 0) is 88.2 Å². The molecule has 8 heteroatoms. The summed E-state index contributed by atoms with van der Waals surface area (Å²) in [4.78, 5) is 15.2. The van der Waals surface area contributed by atoms with E-state index in [1.807, 2.05) is 18.3 Å². The van der Waals surface area contributed by atoms with E-state index in [0.717, 1.165) is 57.4 Å². The minimum Gasteiger partial charge on any atom is -0.497 e. The van der Waals surface area contributed by atoms with Crippen molar-refractivity contribution in [1.82, 2.24) is 19.9 Å². The molecule has 1 fully saturated rings. The quantitative estimate of drug-likeness (QED) is 0.347. The highest BCUT2D eigenvalue weighted by atomic mass is 35.5. The van der Waals surface area contributed by atoms with Crippen LogP contribution in [-0.2, 0) is 6.42 Å². The van der Waals surface area contributed by atoms with E-state index in [9.17, 15) is 5.11 Å². The van der Waals surface area contributed by atoms with Gasteiger partial charge in [-0.1, -0.05) is 11.6 Å². The van der Waals surface area contributed by atoms with Crippen LogP contribution < -0.4 is 4.74 Å². The normalized spacial score (nSPS) is 16.9. The summed E-state index contributed by atoms with van der Waals surface area (Å²) in [5.74, 6) is 0.644. The Bertz CT molecular complexity index is 1090. The van der Waals surface area contributed by atoms with Gasteiger partial charge in [0.1, 0.15) is 11.9 Å². The first-order chi connectivity index (χ1) is 17.0. The van der Waals surface area contributed by atoms with Crippen LogP contribution in [0.15, 0.2) is 43.0 Å². The molecular formula is C27H34ClFN4O2. The number of nitrogens with zero attached hydrogens (tertiary/aromatic N) is 4. The number of aryl methyl sites for hydroxylation is 1. The molecule has 3 aromatic rings. The summed E-state index contributed by atoms with van der Waals surface area (Å²) < 4.78 is 20.9. The Balaban J connectivity index is 1.30. The number of piperidine rings is 1. The van der Waals surface area contributed by atoms with Gasteiger partial charge in [-0.3, -0.25) is 15.0 Å². The van der Waals surface area contributed by atoms with Crippen molar-refractivity contribution in [3.8, 4) is 5.75 Å². The number of pyridine rings is 1. The molecule has 0 aliphatic carbocycles. The van der Waals surface area contributed by atoms with Gasteiger partial charge in [-0.2, -0.15) is 0 Å². The number of aliphatic hydroxyl groups is 1. The third-order valence-electron chi connectivity index (χ3n) is 7.34. The fourth-order valence-corrected chi connectivity index (χ4v) is 5.30. The molecule has 1 aromatic carbocycles. The molecule has 4 rings (SSSR count). The van der Waals surface area contributed by atoms with E-state index in [2.05, 4.69) is 19.9 Å². The zero-order chi connectivity index (χ0) is 24.7. The molecule has 6 nitrogen and oxygen atoms in total. The van der Waals surface area contributed by atoms with E-state index in [-0.39, 0.29) is 12.0 Å². The van der Waals surface area contributed by atoms with Crippen LogP contribution in [0.4, 0.5) is 4.39 Å². The van der Waals surface area contributed by atoms with Crippen molar-refractivity contribution in [2.75, 3.05) is 33.4 Å². The predicted molar refractivity (Wildman–Crippen MR) is 137 cm³/mol. The van der Waals surface area contributed by atoms with Gasteiger partial charge in [0.25, 0.3) is 0 Å². The Hall–Kier alpha value is -2.35. The van der Waals surface area contributed by atoms with Crippen LogP contribution in [0.5, 0.6) is 5.75 Å². The number of aromatic nitrogens is 3. The van der Waals surface area contributed by atoms with Crippen molar-refractivity contribution in [2.24, 2.45) is 5.41 Å². The average Bonchev–Trinajstić information content (AvgIpc) is 2.90. The van der Waals surface area contributed by atoms with Gasteiger partial charge >= 0.3 is 0 Å². The number of rotatable bonds is 11. The summed E-state index contributed by atoms with van der Waals surface area (Å²) in [6, 6.07) is 5.42. The summed E-state index contributed by atoms with van der Waals surface area (Å²) >= 11 is 6.40. The molecule has 2 aromatic heterocycles. The first-order valence-corrected chi connectivity index (χ1v) is 12.8. The molecular weight excluding hydrogens is 467 g/mol. The van der Waals surface area contributed by atoms with Gasteiger partial charge in [0.2, 0.25) is 0 Å². The number of fused-ring (bicyclic) bond motifs is 1. The van der Waals surface area contributed by atoms with Crippen LogP contribution in [0.3, 0.4) is 0 Å². The first kappa shape index (κ1) is 25.7. The molecule has 0 unspecified atom stereocenters. The minimum atomic E-state index is -1.23. The van der Waals surface area contributed by atoms with E-state index in [0.29, 0.717) is 40.1 Å². The van der Waals surface area contributed by atoms with Crippen molar-refractivity contribution in [3.05, 3.63) is 59.3 Å². The van der Waals surface area contributed by atoms with Crippen LogP contribution in [0, 0.1) is 5.41 Å². The van der Waals surface area contributed by atoms with Gasteiger partial charge in [-0.15, -0.1) is 0 Å². The molecule has 3 heterocycles. The summed E-state index contributed by atoms with van der Waals surface area (Å²) in [5.41, 5.74) is 1.95. The zero-order valence-electron chi connectivity index (χ0n) is 20.3. The number of ether oxygens (including phenoxy) is 1. The largest absolute Gasteiger partial charge is 0.497 e. The Labute approximate surface area is 211 Å².